The molecule has 0 radical (unpaired) electrons. The van der Waals surface area contributed by atoms with Crippen LogP contribution in [0.4, 0.5) is 0 Å². The van der Waals surface area contributed by atoms with Crippen LogP contribution in [0.2, 0.25) is 10.0 Å². The van der Waals surface area contributed by atoms with Crippen LogP contribution in [0, 0.1) is 6.57 Å². The van der Waals surface area contributed by atoms with Crippen molar-refractivity contribution in [2.45, 2.75) is 0 Å². The fraction of sp³-hybridized carbons (Fsp3) is 0.0588. The van der Waals surface area contributed by atoms with Crippen molar-refractivity contribution >= 4 is 34.7 Å². The first kappa shape index (κ1) is 16.1. The van der Waals surface area contributed by atoms with Gasteiger partial charge >= 0.3 is 0 Å². The lowest BCUT2D eigenvalue weighted by Crippen LogP contribution is -2.12. The molecule has 0 bridgehead atoms. The van der Waals surface area contributed by atoms with Gasteiger partial charge in [0.2, 0.25) is 0 Å². The molecular weight excluding hydrogens is 319 g/mol. The molecule has 0 heterocycles. The van der Waals surface area contributed by atoms with Gasteiger partial charge in [-0.3, -0.25) is 0 Å². The van der Waals surface area contributed by atoms with Gasteiger partial charge < -0.3 is 10.1 Å². The van der Waals surface area contributed by atoms with Crippen molar-refractivity contribution in [1.29, 1.82) is 0 Å². The van der Waals surface area contributed by atoms with E-state index >= 15 is 0 Å². The molecular formula is C17H12Cl2N2O. The number of allylic oxidation sites excluding steroid dienone is 1. The third-order valence-electron chi connectivity index (χ3n) is 3.05. The van der Waals surface area contributed by atoms with Crippen LogP contribution in [0.15, 0.2) is 54.2 Å². The van der Waals surface area contributed by atoms with Gasteiger partial charge in [-0.25, -0.2) is 4.85 Å². The number of hydrogen-bond acceptors (Lipinski definition) is 2. The van der Waals surface area contributed by atoms with Crippen LogP contribution >= 0.6 is 23.2 Å². The molecule has 0 atom stereocenters. The largest absolute Gasteiger partial charge is 0.396 e. The highest BCUT2D eigenvalue weighted by molar-refractivity contribution is 6.31. The van der Waals surface area contributed by atoms with Gasteiger partial charge in [-0.05, 0) is 29.8 Å². The van der Waals surface area contributed by atoms with E-state index in [9.17, 15) is 4.79 Å². The molecule has 110 valence electrons. The highest BCUT2D eigenvalue weighted by Gasteiger charge is 2.18. The summed E-state index contributed by atoms with van der Waals surface area (Å²) >= 11 is 11.7. The van der Waals surface area contributed by atoms with Gasteiger partial charge in [-0.15, -0.1) is 0 Å². The summed E-state index contributed by atoms with van der Waals surface area (Å²) in [5, 5.41) is 4.06. The number of nitrogens with one attached hydrogen (secondary N) is 1. The molecule has 0 spiro atoms. The van der Waals surface area contributed by atoms with Crippen LogP contribution in [0.3, 0.4) is 0 Å². The monoisotopic (exact) mass is 330 g/mol. The maximum atomic E-state index is 12.5. The Morgan fingerprint density at radius 2 is 1.41 bits per heavy atom. The van der Waals surface area contributed by atoms with Gasteiger partial charge in [-0.1, -0.05) is 47.5 Å². The highest BCUT2D eigenvalue weighted by Crippen LogP contribution is 2.23. The maximum absolute atomic E-state index is 12.5. The van der Waals surface area contributed by atoms with Crippen molar-refractivity contribution in [3.05, 3.63) is 86.8 Å². The molecule has 0 aliphatic heterocycles. The van der Waals surface area contributed by atoms with Crippen LogP contribution < -0.4 is 5.32 Å². The fourth-order valence-corrected chi connectivity index (χ4v) is 2.23. The Bertz CT molecular complexity index is 757. The first-order chi connectivity index (χ1) is 10.6. The van der Waals surface area contributed by atoms with Gasteiger partial charge in [0.05, 0.1) is 12.3 Å². The van der Waals surface area contributed by atoms with E-state index in [1.807, 2.05) is 0 Å². The van der Waals surface area contributed by atoms with Crippen molar-refractivity contribution in [2.24, 2.45) is 0 Å². The summed E-state index contributed by atoms with van der Waals surface area (Å²) in [4.78, 5) is 16.0. The summed E-state index contributed by atoms with van der Waals surface area (Å²) in [6.07, 6.45) is 0. The van der Waals surface area contributed by atoms with Crippen LogP contribution in [-0.4, -0.2) is 12.8 Å². The second-order valence-electron chi connectivity index (χ2n) is 4.43. The molecule has 5 heteroatoms. The number of carbonyl (C=O) groups is 1. The zero-order valence-electron chi connectivity index (χ0n) is 11.7. The van der Waals surface area contributed by atoms with Crippen LogP contribution in [0.25, 0.3) is 10.5 Å². The van der Waals surface area contributed by atoms with Gasteiger partial charge in [-0.2, -0.15) is 0 Å². The molecule has 0 unspecified atom stereocenters. The minimum absolute atomic E-state index is 0.0205. The Kier molecular flexibility index (Phi) is 5.21. The average molecular weight is 331 g/mol. The molecule has 0 amide bonds. The third kappa shape index (κ3) is 3.48. The predicted molar refractivity (Wildman–Crippen MR) is 89.8 cm³/mol. The van der Waals surface area contributed by atoms with E-state index in [-0.39, 0.29) is 11.5 Å². The van der Waals surface area contributed by atoms with Gasteiger partial charge in [0.15, 0.2) is 5.78 Å². The minimum Gasteiger partial charge on any atom is -0.396 e. The number of nitrogens with zero attached hydrogens (tertiary/aromatic N) is 1. The maximum Gasteiger partial charge on any atom is 0.256 e. The molecule has 0 saturated carbocycles. The first-order valence-electron chi connectivity index (χ1n) is 6.42. The van der Waals surface area contributed by atoms with Crippen molar-refractivity contribution in [1.82, 2.24) is 5.32 Å². The van der Waals surface area contributed by atoms with Gasteiger partial charge in [0, 0.05) is 22.7 Å². The molecule has 2 aromatic rings. The molecule has 3 nitrogen and oxygen atoms in total. The number of benzene rings is 2. The summed E-state index contributed by atoms with van der Waals surface area (Å²) in [5.74, 6) is -0.356. The van der Waals surface area contributed by atoms with E-state index in [1.165, 1.54) is 0 Å². The third-order valence-corrected chi connectivity index (χ3v) is 3.56. The number of rotatable bonds is 4. The van der Waals surface area contributed by atoms with Crippen LogP contribution in [-0.2, 0) is 0 Å². The average Bonchev–Trinajstić information content (AvgIpc) is 2.53. The standard InChI is InChI=1S/C17H12Cl2N2O/c1-20-15(11-3-7-13(18)8-4-11)16(21-2)17(22)12-5-9-14(19)10-6-12/h3-10,20H,1H3/b16-15+. The SMILES string of the molecule is [C-]#[N+]/C(C(=O)c1ccc(Cl)cc1)=C(/NC)c1ccc(Cl)cc1. The summed E-state index contributed by atoms with van der Waals surface area (Å²) < 4.78 is 0. The van der Waals surface area contributed by atoms with Gasteiger partial charge in [0.25, 0.3) is 5.70 Å². The van der Waals surface area contributed by atoms with Crippen LogP contribution in [0.5, 0.6) is 0 Å². The van der Waals surface area contributed by atoms with Crippen molar-refractivity contribution in [2.75, 3.05) is 7.05 Å². The molecule has 0 saturated heterocycles. The number of ketones is 1. The molecule has 0 aliphatic carbocycles. The number of hydrogen-bond donors (Lipinski definition) is 1. The van der Waals surface area contributed by atoms with Crippen molar-refractivity contribution in [3.8, 4) is 0 Å². The smallest absolute Gasteiger partial charge is 0.256 e. The van der Waals surface area contributed by atoms with E-state index in [1.54, 1.807) is 55.6 Å². The van der Waals surface area contributed by atoms with Crippen molar-refractivity contribution < 1.29 is 4.79 Å². The molecule has 2 aromatic carbocycles. The zero-order chi connectivity index (χ0) is 16.1. The lowest BCUT2D eigenvalue weighted by Gasteiger charge is -2.10. The Labute approximate surface area is 139 Å². The second kappa shape index (κ2) is 7.13. The van der Waals surface area contributed by atoms with E-state index in [0.717, 1.165) is 5.56 Å². The lowest BCUT2D eigenvalue weighted by atomic mass is 10.0. The summed E-state index contributed by atoms with van der Waals surface area (Å²) in [6.45, 7) is 7.36. The summed E-state index contributed by atoms with van der Waals surface area (Å²) in [5.41, 5.74) is 1.62. The first-order valence-corrected chi connectivity index (χ1v) is 7.18. The summed E-state index contributed by atoms with van der Waals surface area (Å²) in [6, 6.07) is 13.4. The molecule has 0 aliphatic rings. The Balaban J connectivity index is 2.51. The molecule has 0 aromatic heterocycles. The predicted octanol–water partition coefficient (Wildman–Crippen LogP) is 4.68. The number of carbonyl (C=O) groups excluding carboxylic acids is 1. The van der Waals surface area contributed by atoms with Crippen LogP contribution in [0.1, 0.15) is 15.9 Å². The van der Waals surface area contributed by atoms with Crippen molar-refractivity contribution in [3.63, 3.8) is 0 Å². The number of halogens is 2. The van der Waals surface area contributed by atoms with E-state index in [2.05, 4.69) is 10.2 Å². The topological polar surface area (TPSA) is 33.5 Å². The zero-order valence-corrected chi connectivity index (χ0v) is 13.2. The Morgan fingerprint density at radius 3 is 1.82 bits per heavy atom. The Morgan fingerprint density at radius 1 is 0.955 bits per heavy atom. The van der Waals surface area contributed by atoms with Gasteiger partial charge in [0.1, 0.15) is 0 Å². The molecule has 22 heavy (non-hydrogen) atoms. The minimum atomic E-state index is -0.356. The van der Waals surface area contributed by atoms with E-state index in [4.69, 9.17) is 29.8 Å². The number of Topliss-reactive ketones (excluding diaryl/α,β-unsaturated/α-hetero) is 1. The molecule has 2 rings (SSSR count). The highest BCUT2D eigenvalue weighted by atomic mass is 35.5. The molecule has 1 N–H and O–H groups in total. The Hall–Kier alpha value is -2.28. The second-order valence-corrected chi connectivity index (χ2v) is 5.30. The van der Waals surface area contributed by atoms with E-state index in [0.29, 0.717) is 21.3 Å². The summed E-state index contributed by atoms with van der Waals surface area (Å²) in [7, 11) is 1.67. The quantitative estimate of drug-likeness (QED) is 0.501. The normalized spacial score (nSPS) is 11.4. The fourth-order valence-electron chi connectivity index (χ4n) is 1.97. The lowest BCUT2D eigenvalue weighted by molar-refractivity contribution is 0.103. The molecule has 0 fully saturated rings. The van der Waals surface area contributed by atoms with E-state index < -0.39 is 0 Å².